The highest BCUT2D eigenvalue weighted by atomic mass is 32.1. The Labute approximate surface area is 141 Å². The van der Waals surface area contributed by atoms with Crippen LogP contribution < -0.4 is 4.74 Å². The lowest BCUT2D eigenvalue weighted by Crippen LogP contribution is -2.11. The number of aromatic nitrogens is 3. The van der Waals surface area contributed by atoms with Gasteiger partial charge >= 0.3 is 0 Å². The molecule has 4 aromatic rings. The van der Waals surface area contributed by atoms with Gasteiger partial charge in [0, 0.05) is 23.2 Å². The van der Waals surface area contributed by atoms with Crippen molar-refractivity contribution in [2.75, 3.05) is 0 Å². The lowest BCUT2D eigenvalue weighted by atomic mass is 10.2. The Balaban J connectivity index is 1.71. The molecule has 6 heteroatoms. The van der Waals surface area contributed by atoms with Crippen LogP contribution in [0.25, 0.3) is 10.9 Å². The third-order valence-corrected chi connectivity index (χ3v) is 4.34. The number of hydrogen-bond acceptors (Lipinski definition) is 5. The number of pyridine rings is 2. The summed E-state index contributed by atoms with van der Waals surface area (Å²) in [6.45, 7) is 0. The van der Waals surface area contributed by atoms with Crippen LogP contribution in [0.1, 0.15) is 16.8 Å². The monoisotopic (exact) mass is 337 g/mol. The fourth-order valence-electron chi connectivity index (χ4n) is 2.41. The van der Waals surface area contributed by atoms with Crippen LogP contribution in [0.5, 0.6) is 5.75 Å². The van der Waals surface area contributed by atoms with E-state index in [0.29, 0.717) is 11.4 Å². The molecule has 3 aromatic heterocycles. The van der Waals surface area contributed by atoms with Crippen molar-refractivity contribution in [2.24, 2.45) is 0 Å². The first-order valence-electron chi connectivity index (χ1n) is 7.32. The van der Waals surface area contributed by atoms with Crippen molar-refractivity contribution in [3.63, 3.8) is 0 Å². The third-order valence-electron chi connectivity index (χ3n) is 3.52. The van der Waals surface area contributed by atoms with Crippen LogP contribution in [0.4, 0.5) is 4.39 Å². The number of fused-ring (bicyclic) bond motifs is 1. The van der Waals surface area contributed by atoms with Gasteiger partial charge in [0.05, 0.1) is 17.4 Å². The molecule has 118 valence electrons. The molecule has 0 saturated heterocycles. The molecule has 1 atom stereocenters. The van der Waals surface area contributed by atoms with Crippen LogP contribution in [0.2, 0.25) is 0 Å². The molecule has 24 heavy (non-hydrogen) atoms. The van der Waals surface area contributed by atoms with E-state index in [0.717, 1.165) is 15.9 Å². The average molecular weight is 337 g/mol. The van der Waals surface area contributed by atoms with Crippen LogP contribution >= 0.6 is 11.3 Å². The Bertz CT molecular complexity index is 958. The predicted molar refractivity (Wildman–Crippen MR) is 90.5 cm³/mol. The lowest BCUT2D eigenvalue weighted by Gasteiger charge is -2.17. The molecule has 0 aliphatic rings. The Kier molecular flexibility index (Phi) is 3.88. The van der Waals surface area contributed by atoms with E-state index < -0.39 is 6.10 Å². The molecule has 1 unspecified atom stereocenters. The number of rotatable bonds is 4. The molecule has 0 amide bonds. The third kappa shape index (κ3) is 2.96. The number of ether oxygens (including phenoxy) is 1. The van der Waals surface area contributed by atoms with E-state index in [1.54, 1.807) is 18.5 Å². The second kappa shape index (κ2) is 6.33. The number of hydrogen-bond donors (Lipinski definition) is 0. The Morgan fingerprint density at radius 2 is 1.96 bits per heavy atom. The number of nitrogens with zero attached hydrogens (tertiary/aromatic N) is 3. The fourth-order valence-corrected chi connectivity index (χ4v) is 3.08. The zero-order valence-electron chi connectivity index (χ0n) is 12.5. The first kappa shape index (κ1) is 14.7. The SMILES string of the molecule is Fc1ccc(C(Oc2ccc3ncccc3c2)c2nccs2)nc1. The van der Waals surface area contributed by atoms with Crippen LogP contribution in [0.15, 0.2) is 66.4 Å². The number of benzene rings is 1. The highest BCUT2D eigenvalue weighted by molar-refractivity contribution is 7.09. The summed E-state index contributed by atoms with van der Waals surface area (Å²) in [5.74, 6) is 0.301. The van der Waals surface area contributed by atoms with Gasteiger partial charge in [0.2, 0.25) is 0 Å². The summed E-state index contributed by atoms with van der Waals surface area (Å²) >= 11 is 1.47. The molecule has 0 saturated carbocycles. The zero-order valence-corrected chi connectivity index (χ0v) is 13.3. The number of halogens is 1. The fraction of sp³-hybridized carbons (Fsp3) is 0.0556. The summed E-state index contributed by atoms with van der Waals surface area (Å²) in [5, 5.41) is 3.62. The topological polar surface area (TPSA) is 47.9 Å². The maximum Gasteiger partial charge on any atom is 0.192 e. The number of thiazole rings is 1. The molecule has 0 radical (unpaired) electrons. The Morgan fingerprint density at radius 1 is 1.00 bits per heavy atom. The van der Waals surface area contributed by atoms with Crippen molar-refractivity contribution in [3.05, 3.63) is 83.0 Å². The standard InChI is InChI=1S/C18H12FN3OS/c19-13-3-5-16(22-11-13)17(18-21-8-9-24-18)23-14-4-6-15-12(10-14)2-1-7-20-15/h1-11,17H. The van der Waals surface area contributed by atoms with Gasteiger partial charge in [0.15, 0.2) is 6.10 Å². The molecule has 4 rings (SSSR count). The molecule has 0 spiro atoms. The van der Waals surface area contributed by atoms with Crippen molar-refractivity contribution in [1.29, 1.82) is 0 Å². The Morgan fingerprint density at radius 3 is 2.75 bits per heavy atom. The molecular formula is C18H12FN3OS. The van der Waals surface area contributed by atoms with Crippen molar-refractivity contribution in [2.45, 2.75) is 6.10 Å². The summed E-state index contributed by atoms with van der Waals surface area (Å²) in [5.41, 5.74) is 1.51. The summed E-state index contributed by atoms with van der Waals surface area (Å²) in [4.78, 5) is 12.8. The second-order valence-corrected chi connectivity index (χ2v) is 6.05. The van der Waals surface area contributed by atoms with Gasteiger partial charge in [-0.3, -0.25) is 9.97 Å². The molecule has 0 N–H and O–H groups in total. The highest BCUT2D eigenvalue weighted by Crippen LogP contribution is 2.30. The average Bonchev–Trinajstić information content (AvgIpc) is 3.15. The molecule has 4 nitrogen and oxygen atoms in total. The minimum atomic E-state index is -0.486. The summed E-state index contributed by atoms with van der Waals surface area (Å²) in [6, 6.07) is 12.5. The van der Waals surface area contributed by atoms with Gasteiger partial charge < -0.3 is 4.74 Å². The van der Waals surface area contributed by atoms with E-state index in [1.807, 2.05) is 35.7 Å². The van der Waals surface area contributed by atoms with E-state index >= 15 is 0 Å². The largest absolute Gasteiger partial charge is 0.477 e. The van der Waals surface area contributed by atoms with Gasteiger partial charge in [-0.05, 0) is 36.4 Å². The molecule has 1 aromatic carbocycles. The van der Waals surface area contributed by atoms with E-state index in [4.69, 9.17) is 4.74 Å². The van der Waals surface area contributed by atoms with Crippen molar-refractivity contribution in [1.82, 2.24) is 15.0 Å². The Hall–Kier alpha value is -2.86. The van der Waals surface area contributed by atoms with E-state index in [9.17, 15) is 4.39 Å². The second-order valence-electron chi connectivity index (χ2n) is 5.13. The van der Waals surface area contributed by atoms with E-state index in [-0.39, 0.29) is 5.82 Å². The van der Waals surface area contributed by atoms with Crippen molar-refractivity contribution < 1.29 is 9.13 Å². The summed E-state index contributed by atoms with van der Waals surface area (Å²) in [6.07, 6.45) is 4.16. The predicted octanol–water partition coefficient (Wildman–Crippen LogP) is 4.39. The smallest absolute Gasteiger partial charge is 0.192 e. The van der Waals surface area contributed by atoms with Crippen LogP contribution in [0.3, 0.4) is 0 Å². The van der Waals surface area contributed by atoms with E-state index in [1.165, 1.54) is 23.6 Å². The van der Waals surface area contributed by atoms with Gasteiger partial charge in [-0.25, -0.2) is 9.37 Å². The van der Waals surface area contributed by atoms with Gasteiger partial charge in [-0.15, -0.1) is 11.3 Å². The molecule has 0 aliphatic heterocycles. The van der Waals surface area contributed by atoms with Crippen LogP contribution in [-0.2, 0) is 0 Å². The summed E-state index contributed by atoms with van der Waals surface area (Å²) < 4.78 is 19.3. The molecule has 0 aliphatic carbocycles. The summed E-state index contributed by atoms with van der Waals surface area (Å²) in [7, 11) is 0. The highest BCUT2D eigenvalue weighted by Gasteiger charge is 2.20. The van der Waals surface area contributed by atoms with Crippen molar-refractivity contribution >= 4 is 22.2 Å². The van der Waals surface area contributed by atoms with Gasteiger partial charge in [0.25, 0.3) is 0 Å². The molecule has 0 bridgehead atoms. The van der Waals surface area contributed by atoms with Gasteiger partial charge in [-0.1, -0.05) is 6.07 Å². The maximum atomic E-state index is 13.2. The quantitative estimate of drug-likeness (QED) is 0.554. The van der Waals surface area contributed by atoms with Crippen LogP contribution in [0, 0.1) is 5.82 Å². The van der Waals surface area contributed by atoms with Gasteiger partial charge in [0.1, 0.15) is 16.6 Å². The normalized spacial score (nSPS) is 12.2. The van der Waals surface area contributed by atoms with Crippen molar-refractivity contribution in [3.8, 4) is 5.75 Å². The minimum absolute atomic E-state index is 0.381. The maximum absolute atomic E-state index is 13.2. The van der Waals surface area contributed by atoms with E-state index in [2.05, 4.69) is 15.0 Å². The van der Waals surface area contributed by atoms with Gasteiger partial charge in [-0.2, -0.15) is 0 Å². The first-order chi connectivity index (χ1) is 11.8. The molecule has 0 fully saturated rings. The first-order valence-corrected chi connectivity index (χ1v) is 8.20. The minimum Gasteiger partial charge on any atom is -0.477 e. The zero-order chi connectivity index (χ0) is 16.4. The molecular weight excluding hydrogens is 325 g/mol. The molecule has 3 heterocycles. The van der Waals surface area contributed by atoms with Crippen LogP contribution in [-0.4, -0.2) is 15.0 Å². The lowest BCUT2D eigenvalue weighted by molar-refractivity contribution is 0.242.